The summed E-state index contributed by atoms with van der Waals surface area (Å²) in [5.74, 6) is 0. The molecule has 14 heavy (non-hydrogen) atoms. The van der Waals surface area contributed by atoms with Gasteiger partial charge in [0.25, 0.3) is 0 Å². The number of hydrogen-bond acceptors (Lipinski definition) is 2. The molecule has 2 rings (SSSR count). The van der Waals surface area contributed by atoms with Gasteiger partial charge in [-0.3, -0.25) is 0 Å². The van der Waals surface area contributed by atoms with E-state index in [0.717, 1.165) is 19.6 Å². The van der Waals surface area contributed by atoms with Gasteiger partial charge in [0.05, 0.1) is 18.3 Å². The van der Waals surface area contributed by atoms with Crippen LogP contribution in [-0.4, -0.2) is 24.9 Å². The highest BCUT2D eigenvalue weighted by Crippen LogP contribution is 2.46. The second-order valence-electron chi connectivity index (χ2n) is 5.30. The van der Waals surface area contributed by atoms with Crippen LogP contribution in [0.3, 0.4) is 0 Å². The minimum absolute atomic E-state index is 0.0174. The maximum absolute atomic E-state index is 5.75. The first-order chi connectivity index (χ1) is 6.46. The molecule has 2 heterocycles. The molecule has 0 N–H and O–H groups in total. The zero-order valence-electron chi connectivity index (χ0n) is 10.2. The highest BCUT2D eigenvalue weighted by atomic mass is 16.6. The molecule has 2 nitrogen and oxygen atoms in total. The van der Waals surface area contributed by atoms with Crippen LogP contribution in [0.2, 0.25) is 0 Å². The number of hydrogen-bond donors (Lipinski definition) is 0. The van der Waals surface area contributed by atoms with Gasteiger partial charge in [0.2, 0.25) is 0 Å². The Balaban J connectivity index is 0.000000293. The molecule has 0 aromatic carbocycles. The van der Waals surface area contributed by atoms with Gasteiger partial charge in [-0.25, -0.2) is 0 Å². The van der Waals surface area contributed by atoms with Crippen molar-refractivity contribution in [2.75, 3.05) is 13.2 Å². The molecule has 0 spiro atoms. The van der Waals surface area contributed by atoms with E-state index in [2.05, 4.69) is 34.6 Å². The Labute approximate surface area is 88.0 Å². The molecule has 2 heteroatoms. The molecule has 2 fully saturated rings. The molecule has 2 atom stereocenters. The molecular weight excluding hydrogens is 176 g/mol. The normalized spacial score (nSPS) is 38.8. The Morgan fingerprint density at radius 2 is 1.79 bits per heavy atom. The number of rotatable bonds is 0. The lowest BCUT2D eigenvalue weighted by molar-refractivity contribution is -0.0115. The van der Waals surface area contributed by atoms with Crippen LogP contribution in [0.4, 0.5) is 0 Å². The third-order valence-corrected chi connectivity index (χ3v) is 2.92. The molecule has 0 radical (unpaired) electrons. The van der Waals surface area contributed by atoms with Gasteiger partial charge >= 0.3 is 0 Å². The summed E-state index contributed by atoms with van der Waals surface area (Å²) in [6, 6.07) is 0. The zero-order valence-corrected chi connectivity index (χ0v) is 10.2. The van der Waals surface area contributed by atoms with Crippen LogP contribution in [0.15, 0.2) is 0 Å². The van der Waals surface area contributed by atoms with Crippen molar-refractivity contribution in [3.63, 3.8) is 0 Å². The number of ether oxygens (including phenoxy) is 2. The van der Waals surface area contributed by atoms with Crippen molar-refractivity contribution in [3.8, 4) is 0 Å². The second-order valence-corrected chi connectivity index (χ2v) is 5.30. The Kier molecular flexibility index (Phi) is 3.59. The number of fused-ring (bicyclic) bond motifs is 1. The van der Waals surface area contributed by atoms with E-state index in [0.29, 0.717) is 6.10 Å². The van der Waals surface area contributed by atoms with Gasteiger partial charge in [0.15, 0.2) is 0 Å². The van der Waals surface area contributed by atoms with Gasteiger partial charge in [-0.15, -0.1) is 0 Å². The minimum atomic E-state index is 0.0174. The summed E-state index contributed by atoms with van der Waals surface area (Å²) in [4.78, 5) is 0. The summed E-state index contributed by atoms with van der Waals surface area (Å²) >= 11 is 0. The van der Waals surface area contributed by atoms with Crippen LogP contribution in [0.5, 0.6) is 0 Å². The molecule has 0 aliphatic carbocycles. The highest BCUT2D eigenvalue weighted by molar-refractivity contribution is 5.03. The summed E-state index contributed by atoms with van der Waals surface area (Å²) in [7, 11) is 0. The average molecular weight is 200 g/mol. The van der Waals surface area contributed by atoms with E-state index in [1.165, 1.54) is 6.42 Å². The van der Waals surface area contributed by atoms with Crippen LogP contribution in [0, 0.1) is 5.41 Å². The fourth-order valence-corrected chi connectivity index (χ4v) is 2.31. The van der Waals surface area contributed by atoms with E-state index in [9.17, 15) is 0 Å². The standard InChI is InChI=1S/C9H16O2.C3H8/c1-8(2)6-11-9(3)4-5-10-7(8)9;1-3-2/h7H,4-6H2,1-3H3;3H2,1-2H3/t7-,9-;/m1./s1. The Morgan fingerprint density at radius 3 is 2.29 bits per heavy atom. The van der Waals surface area contributed by atoms with E-state index >= 15 is 0 Å². The van der Waals surface area contributed by atoms with E-state index in [4.69, 9.17) is 9.47 Å². The zero-order chi connectivity index (χ0) is 10.8. The molecule has 2 aliphatic rings. The van der Waals surface area contributed by atoms with Gasteiger partial charge in [-0.1, -0.05) is 34.1 Å². The fraction of sp³-hybridized carbons (Fsp3) is 1.00. The van der Waals surface area contributed by atoms with Crippen LogP contribution in [0.1, 0.15) is 47.5 Å². The summed E-state index contributed by atoms with van der Waals surface area (Å²) in [5, 5.41) is 0. The van der Waals surface area contributed by atoms with Crippen LogP contribution in [0.25, 0.3) is 0 Å². The second kappa shape index (κ2) is 4.19. The summed E-state index contributed by atoms with van der Waals surface area (Å²) in [6.07, 6.45) is 2.62. The minimum Gasteiger partial charge on any atom is -0.374 e. The first kappa shape index (κ1) is 12.0. The quantitative estimate of drug-likeness (QED) is 0.598. The Morgan fingerprint density at radius 1 is 1.21 bits per heavy atom. The van der Waals surface area contributed by atoms with Gasteiger partial charge in [0.1, 0.15) is 0 Å². The Bertz CT molecular complexity index is 189. The van der Waals surface area contributed by atoms with E-state index in [1.54, 1.807) is 0 Å². The van der Waals surface area contributed by atoms with Crippen molar-refractivity contribution in [2.24, 2.45) is 5.41 Å². The predicted molar refractivity (Wildman–Crippen MR) is 58.5 cm³/mol. The van der Waals surface area contributed by atoms with E-state index < -0.39 is 0 Å². The lowest BCUT2D eigenvalue weighted by Crippen LogP contribution is -2.37. The fourth-order valence-electron chi connectivity index (χ4n) is 2.31. The molecule has 2 aliphatic heterocycles. The van der Waals surface area contributed by atoms with Crippen molar-refractivity contribution < 1.29 is 9.47 Å². The average Bonchev–Trinajstić information content (AvgIpc) is 2.55. The lowest BCUT2D eigenvalue weighted by atomic mass is 9.82. The van der Waals surface area contributed by atoms with Crippen molar-refractivity contribution in [1.29, 1.82) is 0 Å². The molecule has 0 saturated carbocycles. The van der Waals surface area contributed by atoms with Gasteiger partial charge in [0, 0.05) is 18.4 Å². The molecule has 84 valence electrons. The molecular formula is C12H24O2. The van der Waals surface area contributed by atoms with E-state index in [1.807, 2.05) is 0 Å². The molecule has 0 bridgehead atoms. The topological polar surface area (TPSA) is 18.5 Å². The summed E-state index contributed by atoms with van der Waals surface area (Å²) in [5.41, 5.74) is 0.231. The molecule has 0 aromatic rings. The first-order valence-electron chi connectivity index (χ1n) is 5.72. The van der Waals surface area contributed by atoms with Crippen molar-refractivity contribution in [2.45, 2.75) is 59.2 Å². The monoisotopic (exact) mass is 200 g/mol. The van der Waals surface area contributed by atoms with Crippen molar-refractivity contribution in [3.05, 3.63) is 0 Å². The molecule has 0 aromatic heterocycles. The third kappa shape index (κ3) is 2.12. The van der Waals surface area contributed by atoms with Gasteiger partial charge in [-0.2, -0.15) is 0 Å². The van der Waals surface area contributed by atoms with Crippen molar-refractivity contribution in [1.82, 2.24) is 0 Å². The third-order valence-electron chi connectivity index (χ3n) is 2.92. The summed E-state index contributed by atoms with van der Waals surface area (Å²) < 4.78 is 11.4. The van der Waals surface area contributed by atoms with Crippen LogP contribution in [-0.2, 0) is 9.47 Å². The largest absolute Gasteiger partial charge is 0.374 e. The summed E-state index contributed by atoms with van der Waals surface area (Å²) in [6.45, 7) is 12.6. The van der Waals surface area contributed by atoms with Crippen molar-refractivity contribution >= 4 is 0 Å². The highest BCUT2D eigenvalue weighted by Gasteiger charge is 2.54. The van der Waals surface area contributed by atoms with Crippen LogP contribution < -0.4 is 0 Å². The lowest BCUT2D eigenvalue weighted by Gasteiger charge is -2.27. The Hall–Kier alpha value is -0.0800. The van der Waals surface area contributed by atoms with Gasteiger partial charge < -0.3 is 9.47 Å². The SMILES string of the molecule is CC1(C)CO[C@]2(C)CCO[C@H]12.CCC. The maximum Gasteiger partial charge on any atom is 0.0943 e. The molecule has 0 amide bonds. The van der Waals surface area contributed by atoms with Crippen LogP contribution >= 0.6 is 0 Å². The van der Waals surface area contributed by atoms with Gasteiger partial charge in [-0.05, 0) is 6.92 Å². The smallest absolute Gasteiger partial charge is 0.0943 e. The van der Waals surface area contributed by atoms with E-state index in [-0.39, 0.29) is 11.0 Å². The first-order valence-corrected chi connectivity index (χ1v) is 5.72. The maximum atomic E-state index is 5.75. The predicted octanol–water partition coefficient (Wildman–Crippen LogP) is 3.01. The molecule has 0 unspecified atom stereocenters. The molecule has 2 saturated heterocycles.